The van der Waals surface area contributed by atoms with Crippen molar-refractivity contribution in [3.8, 4) is 0 Å². The summed E-state index contributed by atoms with van der Waals surface area (Å²) in [6.07, 6.45) is 1.09. The highest BCUT2D eigenvalue weighted by Crippen LogP contribution is 2.22. The molecular weight excluding hydrogens is 423 g/mol. The first-order valence-electron chi connectivity index (χ1n) is 10.0. The summed E-state index contributed by atoms with van der Waals surface area (Å²) in [6, 6.07) is 12.8. The molecule has 0 fully saturated rings. The van der Waals surface area contributed by atoms with Crippen LogP contribution in [0.25, 0.3) is 0 Å². The first-order valence-corrected chi connectivity index (χ1v) is 11.4. The SMILES string of the molecule is CC[C@@H](C)NC(=O)[C@@H](C)N(Cc1ccc(F)cc1)C(=O)CCSc1ccc(Cl)cc1. The van der Waals surface area contributed by atoms with Gasteiger partial charge in [0.2, 0.25) is 11.8 Å². The maximum atomic E-state index is 13.2. The van der Waals surface area contributed by atoms with E-state index in [4.69, 9.17) is 11.6 Å². The van der Waals surface area contributed by atoms with Gasteiger partial charge in [-0.25, -0.2) is 4.39 Å². The number of nitrogens with zero attached hydrogens (tertiary/aromatic N) is 1. The van der Waals surface area contributed by atoms with Crippen molar-refractivity contribution in [3.63, 3.8) is 0 Å². The van der Waals surface area contributed by atoms with Crippen molar-refractivity contribution in [2.24, 2.45) is 0 Å². The summed E-state index contributed by atoms with van der Waals surface area (Å²) in [7, 11) is 0. The molecule has 0 radical (unpaired) electrons. The summed E-state index contributed by atoms with van der Waals surface area (Å²) in [5.74, 6) is -0.0589. The standard InChI is InChI=1S/C23H28ClFN2O2S/c1-4-16(2)26-23(29)17(3)27(15-18-5-9-20(25)10-6-18)22(28)13-14-30-21-11-7-19(24)8-12-21/h5-12,16-17H,4,13-15H2,1-3H3,(H,26,29)/t16-,17-/m1/s1. The number of halogens is 2. The van der Waals surface area contributed by atoms with Crippen molar-refractivity contribution in [2.45, 2.75) is 57.1 Å². The van der Waals surface area contributed by atoms with Crippen LogP contribution < -0.4 is 5.32 Å². The summed E-state index contributed by atoms with van der Waals surface area (Å²) in [5, 5.41) is 3.60. The Morgan fingerprint density at radius 2 is 1.73 bits per heavy atom. The van der Waals surface area contributed by atoms with Crippen LogP contribution >= 0.6 is 23.4 Å². The molecule has 0 unspecified atom stereocenters. The lowest BCUT2D eigenvalue weighted by molar-refractivity contribution is -0.140. The summed E-state index contributed by atoms with van der Waals surface area (Å²) >= 11 is 7.47. The molecule has 0 aliphatic rings. The molecule has 0 bridgehead atoms. The van der Waals surface area contributed by atoms with Crippen LogP contribution in [0.1, 0.15) is 39.2 Å². The van der Waals surface area contributed by atoms with E-state index in [0.29, 0.717) is 10.8 Å². The number of hydrogen-bond acceptors (Lipinski definition) is 3. The van der Waals surface area contributed by atoms with Crippen molar-refractivity contribution in [1.29, 1.82) is 0 Å². The molecule has 1 N–H and O–H groups in total. The maximum absolute atomic E-state index is 13.2. The summed E-state index contributed by atoms with van der Waals surface area (Å²) in [6.45, 7) is 5.90. The minimum Gasteiger partial charge on any atom is -0.352 e. The van der Waals surface area contributed by atoms with Crippen LogP contribution in [0, 0.1) is 5.82 Å². The van der Waals surface area contributed by atoms with Crippen molar-refractivity contribution < 1.29 is 14.0 Å². The molecule has 2 amide bonds. The van der Waals surface area contributed by atoms with E-state index in [1.54, 1.807) is 35.7 Å². The molecule has 0 aromatic heterocycles. The van der Waals surface area contributed by atoms with Crippen molar-refractivity contribution in [3.05, 3.63) is 64.9 Å². The van der Waals surface area contributed by atoms with Crippen molar-refractivity contribution >= 4 is 35.2 Å². The fourth-order valence-electron chi connectivity index (χ4n) is 2.77. The summed E-state index contributed by atoms with van der Waals surface area (Å²) in [4.78, 5) is 28.2. The molecule has 2 aromatic carbocycles. The average molecular weight is 451 g/mol. The van der Waals surface area contributed by atoms with Gasteiger partial charge in [-0.05, 0) is 62.2 Å². The normalized spacial score (nSPS) is 12.8. The summed E-state index contributed by atoms with van der Waals surface area (Å²) < 4.78 is 13.2. The van der Waals surface area contributed by atoms with Gasteiger partial charge < -0.3 is 10.2 Å². The molecule has 0 aliphatic carbocycles. The Morgan fingerprint density at radius 1 is 1.10 bits per heavy atom. The van der Waals surface area contributed by atoms with Gasteiger partial charge in [0, 0.05) is 34.7 Å². The molecule has 0 saturated carbocycles. The van der Waals surface area contributed by atoms with Gasteiger partial charge in [-0.3, -0.25) is 9.59 Å². The number of thioether (sulfide) groups is 1. The fraction of sp³-hybridized carbons (Fsp3) is 0.391. The van der Waals surface area contributed by atoms with Crippen LogP contribution in [0.5, 0.6) is 0 Å². The second-order valence-electron chi connectivity index (χ2n) is 7.19. The van der Waals surface area contributed by atoms with Crippen LogP contribution in [0.4, 0.5) is 4.39 Å². The molecule has 30 heavy (non-hydrogen) atoms. The largest absolute Gasteiger partial charge is 0.352 e. The minimum atomic E-state index is -0.628. The van der Waals surface area contributed by atoms with E-state index in [0.717, 1.165) is 16.9 Å². The van der Waals surface area contributed by atoms with E-state index in [1.807, 2.05) is 38.1 Å². The van der Waals surface area contributed by atoms with Crippen LogP contribution in [0.3, 0.4) is 0 Å². The van der Waals surface area contributed by atoms with E-state index in [9.17, 15) is 14.0 Å². The Kier molecular flexibility index (Phi) is 9.66. The third kappa shape index (κ3) is 7.65. The van der Waals surface area contributed by atoms with Gasteiger partial charge >= 0.3 is 0 Å². The molecular formula is C23H28ClFN2O2S. The molecule has 0 saturated heterocycles. The highest BCUT2D eigenvalue weighted by Gasteiger charge is 2.26. The molecule has 0 spiro atoms. The van der Waals surface area contributed by atoms with Gasteiger partial charge in [0.25, 0.3) is 0 Å². The smallest absolute Gasteiger partial charge is 0.242 e. The highest BCUT2D eigenvalue weighted by molar-refractivity contribution is 7.99. The van der Waals surface area contributed by atoms with Crippen LogP contribution in [-0.2, 0) is 16.1 Å². The van der Waals surface area contributed by atoms with Gasteiger partial charge in [-0.1, -0.05) is 30.7 Å². The first kappa shape index (κ1) is 24.2. The molecule has 2 aromatic rings. The molecule has 7 heteroatoms. The molecule has 4 nitrogen and oxygen atoms in total. The average Bonchev–Trinajstić information content (AvgIpc) is 2.74. The lowest BCUT2D eigenvalue weighted by Crippen LogP contribution is -2.49. The number of nitrogens with one attached hydrogen (secondary N) is 1. The van der Waals surface area contributed by atoms with E-state index in [-0.39, 0.29) is 36.6 Å². The number of carbonyl (C=O) groups is 2. The van der Waals surface area contributed by atoms with Gasteiger partial charge in [0.1, 0.15) is 11.9 Å². The Bertz CT molecular complexity index is 830. The van der Waals surface area contributed by atoms with E-state index in [2.05, 4.69) is 5.32 Å². The van der Waals surface area contributed by atoms with Gasteiger partial charge in [0.15, 0.2) is 0 Å². The highest BCUT2D eigenvalue weighted by atomic mass is 35.5. The van der Waals surface area contributed by atoms with Crippen molar-refractivity contribution in [1.82, 2.24) is 10.2 Å². The van der Waals surface area contributed by atoms with Crippen molar-refractivity contribution in [2.75, 3.05) is 5.75 Å². The van der Waals surface area contributed by atoms with E-state index >= 15 is 0 Å². The maximum Gasteiger partial charge on any atom is 0.242 e. The number of amides is 2. The lowest BCUT2D eigenvalue weighted by Gasteiger charge is -2.29. The Morgan fingerprint density at radius 3 is 2.33 bits per heavy atom. The zero-order chi connectivity index (χ0) is 22.1. The Hall–Kier alpha value is -2.05. The van der Waals surface area contributed by atoms with E-state index < -0.39 is 6.04 Å². The quantitative estimate of drug-likeness (QED) is 0.500. The second-order valence-corrected chi connectivity index (χ2v) is 8.80. The Balaban J connectivity index is 2.06. The number of hydrogen-bond donors (Lipinski definition) is 1. The number of benzene rings is 2. The monoisotopic (exact) mass is 450 g/mol. The van der Waals surface area contributed by atoms with Gasteiger partial charge in [-0.15, -0.1) is 11.8 Å². The molecule has 0 aliphatic heterocycles. The summed E-state index contributed by atoms with van der Waals surface area (Å²) in [5.41, 5.74) is 0.776. The fourth-order valence-corrected chi connectivity index (χ4v) is 3.73. The predicted octanol–water partition coefficient (Wildman–Crippen LogP) is 5.29. The first-order chi connectivity index (χ1) is 14.3. The van der Waals surface area contributed by atoms with Crippen LogP contribution in [0.2, 0.25) is 5.02 Å². The zero-order valence-corrected chi connectivity index (χ0v) is 19.1. The van der Waals surface area contributed by atoms with E-state index in [1.165, 1.54) is 12.1 Å². The molecule has 2 atom stereocenters. The third-order valence-electron chi connectivity index (χ3n) is 4.83. The zero-order valence-electron chi connectivity index (χ0n) is 17.5. The van der Waals surface area contributed by atoms with Gasteiger partial charge in [0.05, 0.1) is 0 Å². The molecule has 0 heterocycles. The second kappa shape index (κ2) is 12.0. The molecule has 162 valence electrons. The number of carbonyl (C=O) groups excluding carboxylic acids is 2. The predicted molar refractivity (Wildman–Crippen MR) is 121 cm³/mol. The topological polar surface area (TPSA) is 49.4 Å². The minimum absolute atomic E-state index is 0.0307. The van der Waals surface area contributed by atoms with Crippen LogP contribution in [0.15, 0.2) is 53.4 Å². The number of rotatable bonds is 10. The van der Waals surface area contributed by atoms with Crippen LogP contribution in [-0.4, -0.2) is 34.6 Å². The lowest BCUT2D eigenvalue weighted by atomic mass is 10.1. The molecule has 2 rings (SSSR count). The Labute approximate surface area is 187 Å². The van der Waals surface area contributed by atoms with Gasteiger partial charge in [-0.2, -0.15) is 0 Å². The third-order valence-corrected chi connectivity index (χ3v) is 6.10.